The molecule has 0 aliphatic heterocycles. The van der Waals surface area contributed by atoms with Crippen molar-refractivity contribution in [2.24, 2.45) is 5.73 Å². The molecule has 0 unspecified atom stereocenters. The summed E-state index contributed by atoms with van der Waals surface area (Å²) in [5.74, 6) is -0.158. The first-order valence-corrected chi connectivity index (χ1v) is 3.54. The number of carbonyl (C=O) groups is 1. The van der Waals surface area contributed by atoms with Crippen LogP contribution >= 0.6 is 0 Å². The van der Waals surface area contributed by atoms with Gasteiger partial charge in [0.25, 0.3) is 0 Å². The van der Waals surface area contributed by atoms with Gasteiger partial charge in [-0.1, -0.05) is 0 Å². The highest BCUT2D eigenvalue weighted by atomic mass is 16.5. The molecule has 1 amide bonds. The van der Waals surface area contributed by atoms with Gasteiger partial charge in [0, 0.05) is 13.7 Å². The maximum atomic E-state index is 11.0. The maximum Gasteiger partial charge on any atom is 0.239 e. The van der Waals surface area contributed by atoms with Gasteiger partial charge in [0.15, 0.2) is 0 Å². The van der Waals surface area contributed by atoms with Crippen LogP contribution < -0.4 is 11.1 Å². The number of ether oxygens (including phenoxy) is 1. The van der Waals surface area contributed by atoms with Crippen molar-refractivity contribution in [2.45, 2.75) is 19.4 Å². The van der Waals surface area contributed by atoms with E-state index >= 15 is 0 Å². The minimum absolute atomic E-state index is 0.158. The Morgan fingerprint density at radius 2 is 2.18 bits per heavy atom. The molecule has 0 radical (unpaired) electrons. The Morgan fingerprint density at radius 1 is 1.64 bits per heavy atom. The van der Waals surface area contributed by atoms with Crippen molar-refractivity contribution in [1.82, 2.24) is 5.32 Å². The highest BCUT2D eigenvalue weighted by molar-refractivity contribution is 5.84. The Balaban J connectivity index is 3.54. The zero-order valence-corrected chi connectivity index (χ0v) is 7.31. The van der Waals surface area contributed by atoms with Crippen LogP contribution in [0.2, 0.25) is 0 Å². The zero-order valence-electron chi connectivity index (χ0n) is 7.31. The Morgan fingerprint density at radius 3 is 2.55 bits per heavy atom. The summed E-state index contributed by atoms with van der Waals surface area (Å²) < 4.78 is 4.75. The first kappa shape index (κ1) is 10.4. The summed E-state index contributed by atoms with van der Waals surface area (Å²) in [6.45, 7) is 4.35. The van der Waals surface area contributed by atoms with Crippen LogP contribution in [0.4, 0.5) is 0 Å². The number of amides is 1. The third-order valence-electron chi connectivity index (χ3n) is 1.18. The van der Waals surface area contributed by atoms with Crippen LogP contribution in [0.1, 0.15) is 13.8 Å². The smallest absolute Gasteiger partial charge is 0.239 e. The molecule has 0 atom stereocenters. The molecule has 4 heteroatoms. The lowest BCUT2D eigenvalue weighted by Crippen LogP contribution is -2.49. The number of methoxy groups -OCH3 is 1. The molecule has 0 aromatic rings. The fraction of sp³-hybridized carbons (Fsp3) is 0.857. The lowest BCUT2D eigenvalue weighted by Gasteiger charge is -2.17. The molecule has 0 aliphatic carbocycles. The Kier molecular flexibility index (Phi) is 4.07. The molecule has 0 aliphatic rings. The van der Waals surface area contributed by atoms with Gasteiger partial charge in [-0.05, 0) is 13.8 Å². The summed E-state index contributed by atoms with van der Waals surface area (Å²) >= 11 is 0. The molecule has 11 heavy (non-hydrogen) atoms. The van der Waals surface area contributed by atoms with Crippen LogP contribution in [0.3, 0.4) is 0 Å². The highest BCUT2D eigenvalue weighted by Gasteiger charge is 2.20. The van der Waals surface area contributed by atoms with Gasteiger partial charge < -0.3 is 15.8 Å². The van der Waals surface area contributed by atoms with E-state index in [1.807, 2.05) is 0 Å². The molecule has 0 bridgehead atoms. The third-order valence-corrected chi connectivity index (χ3v) is 1.18. The van der Waals surface area contributed by atoms with Crippen molar-refractivity contribution >= 4 is 5.91 Å². The molecule has 0 fully saturated rings. The number of hydrogen-bond acceptors (Lipinski definition) is 3. The van der Waals surface area contributed by atoms with Gasteiger partial charge in [-0.15, -0.1) is 0 Å². The second-order valence-electron chi connectivity index (χ2n) is 2.97. The second-order valence-corrected chi connectivity index (χ2v) is 2.97. The second kappa shape index (κ2) is 4.31. The maximum absolute atomic E-state index is 11.0. The van der Waals surface area contributed by atoms with Gasteiger partial charge in [0.1, 0.15) is 0 Å². The fourth-order valence-corrected chi connectivity index (χ4v) is 0.494. The Labute approximate surface area is 67.1 Å². The van der Waals surface area contributed by atoms with Gasteiger partial charge in [-0.3, -0.25) is 4.79 Å². The monoisotopic (exact) mass is 160 g/mol. The predicted molar refractivity (Wildman–Crippen MR) is 43.2 cm³/mol. The highest BCUT2D eigenvalue weighted by Crippen LogP contribution is 1.94. The largest absolute Gasteiger partial charge is 0.383 e. The van der Waals surface area contributed by atoms with Crippen LogP contribution in [0.5, 0.6) is 0 Å². The summed E-state index contributed by atoms with van der Waals surface area (Å²) in [5, 5.41) is 2.63. The van der Waals surface area contributed by atoms with Crippen LogP contribution in [-0.2, 0) is 9.53 Å². The summed E-state index contributed by atoms with van der Waals surface area (Å²) in [4.78, 5) is 11.0. The average molecular weight is 160 g/mol. The van der Waals surface area contributed by atoms with E-state index in [9.17, 15) is 4.79 Å². The summed E-state index contributed by atoms with van der Waals surface area (Å²) in [5.41, 5.74) is 4.71. The van der Waals surface area contributed by atoms with Crippen LogP contribution in [0, 0.1) is 0 Å². The van der Waals surface area contributed by atoms with Crippen molar-refractivity contribution in [1.29, 1.82) is 0 Å². The topological polar surface area (TPSA) is 64.3 Å². The molecule has 0 saturated heterocycles. The summed E-state index contributed by atoms with van der Waals surface area (Å²) in [7, 11) is 1.58. The Bertz CT molecular complexity index is 129. The van der Waals surface area contributed by atoms with Gasteiger partial charge in [0.2, 0.25) is 5.91 Å². The minimum atomic E-state index is -0.798. The Hall–Kier alpha value is -0.610. The van der Waals surface area contributed by atoms with Crippen molar-refractivity contribution in [2.75, 3.05) is 20.3 Å². The molecule has 0 aromatic carbocycles. The summed E-state index contributed by atoms with van der Waals surface area (Å²) in [6, 6.07) is 0. The van der Waals surface area contributed by atoms with E-state index in [2.05, 4.69) is 5.32 Å². The van der Waals surface area contributed by atoms with Gasteiger partial charge in [-0.2, -0.15) is 0 Å². The standard InChI is InChI=1S/C7H16N2O2/c1-7(2,8)6(10)9-4-5-11-3/h4-5,8H2,1-3H3,(H,9,10). The third kappa shape index (κ3) is 4.75. The predicted octanol–water partition coefficient (Wildman–Crippen LogP) is -0.514. The van der Waals surface area contributed by atoms with E-state index in [1.165, 1.54) is 0 Å². The lowest BCUT2D eigenvalue weighted by molar-refractivity contribution is -0.125. The van der Waals surface area contributed by atoms with E-state index in [4.69, 9.17) is 10.5 Å². The fourth-order valence-electron chi connectivity index (χ4n) is 0.494. The molecule has 0 saturated carbocycles. The zero-order chi connectivity index (χ0) is 8.91. The van der Waals surface area contributed by atoms with E-state index in [-0.39, 0.29) is 5.91 Å². The molecule has 3 N–H and O–H groups in total. The number of carbonyl (C=O) groups excluding carboxylic acids is 1. The first-order valence-electron chi connectivity index (χ1n) is 3.54. The van der Waals surface area contributed by atoms with E-state index < -0.39 is 5.54 Å². The number of nitrogens with one attached hydrogen (secondary N) is 1. The summed E-state index contributed by atoms with van der Waals surface area (Å²) in [6.07, 6.45) is 0. The van der Waals surface area contributed by atoms with Gasteiger partial charge in [-0.25, -0.2) is 0 Å². The number of rotatable bonds is 4. The molecule has 0 rings (SSSR count). The average Bonchev–Trinajstić information content (AvgIpc) is 1.86. The molecule has 66 valence electrons. The van der Waals surface area contributed by atoms with Crippen LogP contribution in [0.25, 0.3) is 0 Å². The van der Waals surface area contributed by atoms with Crippen molar-refractivity contribution in [3.8, 4) is 0 Å². The van der Waals surface area contributed by atoms with Gasteiger partial charge in [0.05, 0.1) is 12.1 Å². The SMILES string of the molecule is COCCNC(=O)C(C)(C)N. The van der Waals surface area contributed by atoms with Crippen LogP contribution in [-0.4, -0.2) is 31.7 Å². The van der Waals surface area contributed by atoms with Crippen molar-refractivity contribution in [3.63, 3.8) is 0 Å². The van der Waals surface area contributed by atoms with Crippen molar-refractivity contribution < 1.29 is 9.53 Å². The quantitative estimate of drug-likeness (QED) is 0.544. The van der Waals surface area contributed by atoms with Crippen LogP contribution in [0.15, 0.2) is 0 Å². The molecule has 0 heterocycles. The lowest BCUT2D eigenvalue weighted by atomic mass is 10.1. The normalized spacial score (nSPS) is 11.3. The van der Waals surface area contributed by atoms with E-state index in [1.54, 1.807) is 21.0 Å². The molecular formula is C7H16N2O2. The molecule has 4 nitrogen and oxygen atoms in total. The molecule has 0 aromatic heterocycles. The number of hydrogen-bond donors (Lipinski definition) is 2. The molecular weight excluding hydrogens is 144 g/mol. The number of nitrogens with two attached hydrogens (primary N) is 1. The van der Waals surface area contributed by atoms with Crippen molar-refractivity contribution in [3.05, 3.63) is 0 Å². The molecule has 0 spiro atoms. The van der Waals surface area contributed by atoms with Gasteiger partial charge >= 0.3 is 0 Å². The first-order chi connectivity index (χ1) is 4.98. The van der Waals surface area contributed by atoms with E-state index in [0.29, 0.717) is 13.2 Å². The van der Waals surface area contributed by atoms with E-state index in [0.717, 1.165) is 0 Å². The minimum Gasteiger partial charge on any atom is -0.383 e.